The zero-order valence-electron chi connectivity index (χ0n) is 32.0. The Morgan fingerprint density at radius 3 is 2.81 bits per heavy atom. The van der Waals surface area contributed by atoms with E-state index >= 15 is 0 Å². The van der Waals surface area contributed by atoms with Crippen molar-refractivity contribution in [3.63, 3.8) is 0 Å². The van der Waals surface area contributed by atoms with Crippen LogP contribution >= 0.6 is 0 Å². The number of aromatic nitrogens is 7. The van der Waals surface area contributed by atoms with E-state index in [1.54, 1.807) is 60.8 Å². The number of fused-ring (bicyclic) bond motifs is 4. The second-order valence-corrected chi connectivity index (χ2v) is 14.5. The van der Waals surface area contributed by atoms with E-state index < -0.39 is 48.1 Å². The Balaban J connectivity index is 1.16. The minimum Gasteiger partial charge on any atom is -0.460 e. The van der Waals surface area contributed by atoms with Crippen LogP contribution in [0.1, 0.15) is 62.8 Å². The van der Waals surface area contributed by atoms with Gasteiger partial charge in [-0.2, -0.15) is 0 Å². The van der Waals surface area contributed by atoms with E-state index in [2.05, 4.69) is 35.9 Å². The van der Waals surface area contributed by atoms with Crippen LogP contribution in [0.15, 0.2) is 77.6 Å². The summed E-state index contributed by atoms with van der Waals surface area (Å²) in [6.07, 6.45) is 14.3. The van der Waals surface area contributed by atoms with E-state index in [1.165, 1.54) is 17.1 Å². The van der Waals surface area contributed by atoms with Crippen molar-refractivity contribution in [2.24, 2.45) is 11.8 Å². The standard InChI is InChI=1S/C39H47FN10O7/c1-24(2)37-26(17-35(53)43-12-15-49-22-30(46-47-49)29-21-48-14-11-41-33(48)20-44-29)8-9-34(52)42-10-4-6-25(3)16-28(51)18-27(40)19-36-45-31(23-56-36)38(54)50-13-5-7-32(50)39(55)57-37/h4,6,8-9,11,14,16,20-24,26-28,32,37,51H,5,7,10,12-13,15,17-19H2,1-3H3,(H,42,52)(H,43,53)/b6-4+,9-8+,25-16+. The van der Waals surface area contributed by atoms with Gasteiger partial charge in [-0.1, -0.05) is 48.9 Å². The smallest absolute Gasteiger partial charge is 0.329 e. The summed E-state index contributed by atoms with van der Waals surface area (Å²) in [5.41, 5.74) is 2.44. The molecular formula is C39H47FN10O7. The molecule has 5 unspecified atom stereocenters. The van der Waals surface area contributed by atoms with E-state index in [1.807, 2.05) is 18.2 Å². The molecule has 3 N–H and O–H groups in total. The number of alkyl halides is 1. The summed E-state index contributed by atoms with van der Waals surface area (Å²) in [5.74, 6) is -3.02. The molecule has 4 aromatic rings. The number of nitrogens with zero attached hydrogens (tertiary/aromatic N) is 8. The van der Waals surface area contributed by atoms with E-state index in [0.29, 0.717) is 42.0 Å². The molecule has 2 bridgehead atoms. The molecule has 4 aromatic heterocycles. The molecule has 0 spiro atoms. The number of ether oxygens (including phenoxy) is 1. The number of aliphatic hydroxyl groups excluding tert-OH is 1. The minimum atomic E-state index is -1.50. The Kier molecular flexibility index (Phi) is 13.3. The Hall–Kier alpha value is -6.04. The molecule has 6 heterocycles. The first kappa shape index (κ1) is 40.6. The highest BCUT2D eigenvalue weighted by Crippen LogP contribution is 2.27. The quantitative estimate of drug-likeness (QED) is 0.231. The molecule has 2 aliphatic rings. The number of hydrogen-bond acceptors (Lipinski definition) is 12. The Bertz CT molecular complexity index is 2140. The third kappa shape index (κ3) is 10.8. The van der Waals surface area contributed by atoms with Gasteiger partial charge in [0, 0.05) is 57.0 Å². The molecule has 57 heavy (non-hydrogen) atoms. The number of carbonyl (C=O) groups is 4. The molecule has 0 saturated carbocycles. The van der Waals surface area contributed by atoms with Crippen LogP contribution in [0.4, 0.5) is 4.39 Å². The van der Waals surface area contributed by atoms with E-state index in [0.717, 1.165) is 6.26 Å². The number of amides is 3. The van der Waals surface area contributed by atoms with Crippen LogP contribution in [0.5, 0.6) is 0 Å². The number of nitrogens with one attached hydrogen (secondary N) is 2. The van der Waals surface area contributed by atoms with Crippen LogP contribution in [0.25, 0.3) is 17.0 Å². The van der Waals surface area contributed by atoms with Crippen LogP contribution in [0.3, 0.4) is 0 Å². The lowest BCUT2D eigenvalue weighted by Gasteiger charge is -2.30. The molecule has 17 nitrogen and oxygen atoms in total. The van der Waals surface area contributed by atoms with E-state index in [-0.39, 0.29) is 62.3 Å². The number of carbonyl (C=O) groups excluding carboxylic acids is 4. The van der Waals surface area contributed by atoms with Crippen molar-refractivity contribution < 1.29 is 37.8 Å². The Morgan fingerprint density at radius 1 is 1.14 bits per heavy atom. The average molecular weight is 787 g/mol. The number of allylic oxidation sites excluding steroid dienone is 2. The van der Waals surface area contributed by atoms with E-state index in [9.17, 15) is 28.7 Å². The summed E-state index contributed by atoms with van der Waals surface area (Å²) in [6.45, 7) is 6.36. The summed E-state index contributed by atoms with van der Waals surface area (Å²) in [7, 11) is 0. The van der Waals surface area contributed by atoms with Crippen LogP contribution in [-0.2, 0) is 32.1 Å². The number of cyclic esters (lactones) is 1. The molecule has 5 atom stereocenters. The second kappa shape index (κ2) is 18.7. The average Bonchev–Trinajstić information content (AvgIpc) is 4.01. The predicted molar refractivity (Wildman–Crippen MR) is 203 cm³/mol. The summed E-state index contributed by atoms with van der Waals surface area (Å²) >= 11 is 0. The molecule has 18 heteroatoms. The molecule has 1 fully saturated rings. The molecule has 1 saturated heterocycles. The molecule has 0 radical (unpaired) electrons. The Morgan fingerprint density at radius 2 is 1.98 bits per heavy atom. The number of imidazole rings is 1. The molecule has 2 aliphatic heterocycles. The van der Waals surface area contributed by atoms with Gasteiger partial charge < -0.3 is 34.2 Å². The van der Waals surface area contributed by atoms with Gasteiger partial charge in [-0.25, -0.2) is 24.1 Å². The van der Waals surface area contributed by atoms with Crippen molar-refractivity contribution in [3.8, 4) is 11.4 Å². The first-order valence-corrected chi connectivity index (χ1v) is 19.0. The number of oxazole rings is 1. The van der Waals surface area contributed by atoms with Crippen LogP contribution in [-0.4, -0.2) is 112 Å². The lowest BCUT2D eigenvalue weighted by atomic mass is 9.89. The van der Waals surface area contributed by atoms with Gasteiger partial charge in [0.2, 0.25) is 11.8 Å². The van der Waals surface area contributed by atoms with Gasteiger partial charge in [-0.05, 0) is 31.8 Å². The topological polar surface area (TPSA) is 212 Å². The fourth-order valence-electron chi connectivity index (χ4n) is 6.84. The van der Waals surface area contributed by atoms with Crippen molar-refractivity contribution >= 4 is 29.3 Å². The zero-order chi connectivity index (χ0) is 40.5. The number of halogens is 1. The summed E-state index contributed by atoms with van der Waals surface area (Å²) in [5, 5.41) is 24.4. The molecule has 302 valence electrons. The van der Waals surface area contributed by atoms with Crippen LogP contribution < -0.4 is 10.6 Å². The highest BCUT2D eigenvalue weighted by molar-refractivity contribution is 5.95. The maximum Gasteiger partial charge on any atom is 0.329 e. The highest BCUT2D eigenvalue weighted by Gasteiger charge is 2.39. The fourth-order valence-corrected chi connectivity index (χ4v) is 6.84. The van der Waals surface area contributed by atoms with Crippen molar-refractivity contribution in [2.75, 3.05) is 19.6 Å². The highest BCUT2D eigenvalue weighted by atomic mass is 19.1. The number of aliphatic hydroxyl groups is 1. The summed E-state index contributed by atoms with van der Waals surface area (Å²) in [4.78, 5) is 67.8. The maximum atomic E-state index is 14.9. The van der Waals surface area contributed by atoms with Crippen LogP contribution in [0.2, 0.25) is 0 Å². The second-order valence-electron chi connectivity index (χ2n) is 14.5. The SMILES string of the molecule is CC1=C\C(O)CC(F)Cc2nc(co2)C(=O)N2CCCC2C(=O)OC(C(C)C)C(CC(=O)NCCn2cc(-c3cn4ccnc4cn3)nn2)/C=C/C(=O)NC\C=C\1. The van der Waals surface area contributed by atoms with Crippen LogP contribution in [0, 0.1) is 11.8 Å². The van der Waals surface area contributed by atoms with Gasteiger partial charge >= 0.3 is 5.97 Å². The lowest BCUT2D eigenvalue weighted by Crippen LogP contribution is -2.44. The minimum absolute atomic E-state index is 0.00833. The summed E-state index contributed by atoms with van der Waals surface area (Å²) < 4.78 is 29.8. The van der Waals surface area contributed by atoms with Gasteiger partial charge in [-0.3, -0.25) is 19.1 Å². The van der Waals surface area contributed by atoms with Gasteiger partial charge in [0.25, 0.3) is 5.91 Å². The molecule has 6 rings (SSSR count). The number of hydrogen-bond donors (Lipinski definition) is 3. The molecule has 3 amide bonds. The summed E-state index contributed by atoms with van der Waals surface area (Å²) in [6, 6.07) is -0.933. The first-order chi connectivity index (χ1) is 27.4. The fraction of sp³-hybridized carbons (Fsp3) is 0.462. The molecular weight excluding hydrogens is 739 g/mol. The van der Waals surface area contributed by atoms with Crippen molar-refractivity contribution in [1.29, 1.82) is 0 Å². The van der Waals surface area contributed by atoms with Gasteiger partial charge in [0.15, 0.2) is 17.2 Å². The molecule has 0 aliphatic carbocycles. The largest absolute Gasteiger partial charge is 0.460 e. The first-order valence-electron chi connectivity index (χ1n) is 19.0. The third-order valence-corrected chi connectivity index (χ3v) is 9.67. The lowest BCUT2D eigenvalue weighted by molar-refractivity contribution is -0.159. The monoisotopic (exact) mass is 786 g/mol. The van der Waals surface area contributed by atoms with E-state index in [4.69, 9.17) is 9.15 Å². The molecule has 0 aromatic carbocycles. The van der Waals surface area contributed by atoms with Crippen molar-refractivity contribution in [2.45, 2.75) is 83.8 Å². The van der Waals surface area contributed by atoms with Crippen molar-refractivity contribution in [3.05, 3.63) is 84.8 Å². The van der Waals surface area contributed by atoms with Gasteiger partial charge in [-0.15, -0.1) is 5.10 Å². The predicted octanol–water partition coefficient (Wildman–Crippen LogP) is 2.79. The van der Waals surface area contributed by atoms with Crippen molar-refractivity contribution in [1.82, 2.24) is 49.9 Å². The third-order valence-electron chi connectivity index (χ3n) is 9.67. The van der Waals surface area contributed by atoms with Gasteiger partial charge in [0.1, 0.15) is 36.0 Å². The zero-order valence-corrected chi connectivity index (χ0v) is 32.0. The normalized spacial score (nSPS) is 25.0. The Labute approximate surface area is 328 Å². The van der Waals surface area contributed by atoms with Gasteiger partial charge in [0.05, 0.1) is 31.5 Å². The maximum absolute atomic E-state index is 14.9. The number of rotatable bonds is 7. The number of esters is 1.